The fraction of sp³-hybridized carbons (Fsp3) is 0.167. The lowest BCUT2D eigenvalue weighted by Crippen LogP contribution is -2.15. The molecule has 31 heavy (non-hydrogen) atoms. The van der Waals surface area contributed by atoms with Crippen molar-refractivity contribution < 1.29 is 9.90 Å². The number of hydrogen-bond donors (Lipinski definition) is 3. The first-order chi connectivity index (χ1) is 14.8. The number of hydrogen-bond acceptors (Lipinski definition) is 4. The standard InChI is InChI=1S/C14H15N3.C10H12N2O2/c1-11-5-7-12(8-6-11)14(15)17-10-13-4-2-3-9-16-13;1-7-2-4-8(5-3-7)10(11)12-6-9(13)14/h2-9H,10H2,1H3,(H2,15,17);2-5H,6H2,1H3,(H2,11,12)(H,13,14). The van der Waals surface area contributed by atoms with E-state index in [1.54, 1.807) is 6.20 Å². The molecular weight excluding hydrogens is 390 g/mol. The van der Waals surface area contributed by atoms with E-state index in [4.69, 9.17) is 16.6 Å². The van der Waals surface area contributed by atoms with E-state index in [0.717, 1.165) is 22.4 Å². The molecule has 0 radical (unpaired) electrons. The third-order valence-electron chi connectivity index (χ3n) is 4.22. The number of aliphatic imine (C=N–C) groups is 2. The first-order valence-corrected chi connectivity index (χ1v) is 9.71. The summed E-state index contributed by atoms with van der Waals surface area (Å²) in [5.74, 6) is -0.178. The number of nitrogens with two attached hydrogens (primary N) is 2. The number of rotatable bonds is 6. The molecule has 3 aromatic rings. The maximum absolute atomic E-state index is 10.2. The lowest BCUT2D eigenvalue weighted by molar-refractivity contribution is -0.135. The Morgan fingerprint density at radius 2 is 1.35 bits per heavy atom. The van der Waals surface area contributed by atoms with E-state index in [2.05, 4.69) is 15.0 Å². The van der Waals surface area contributed by atoms with Crippen molar-refractivity contribution in [2.45, 2.75) is 20.4 Å². The van der Waals surface area contributed by atoms with Gasteiger partial charge in [0.1, 0.15) is 18.2 Å². The Hall–Kier alpha value is -4.00. The van der Waals surface area contributed by atoms with Crippen LogP contribution in [0.3, 0.4) is 0 Å². The molecule has 3 rings (SSSR count). The van der Waals surface area contributed by atoms with Gasteiger partial charge in [-0.2, -0.15) is 0 Å². The summed E-state index contributed by atoms with van der Waals surface area (Å²) in [5, 5.41) is 8.39. The molecule has 0 aliphatic heterocycles. The monoisotopic (exact) mass is 417 g/mol. The SMILES string of the molecule is Cc1ccc(C(N)=NCC(=O)O)cc1.Cc1ccc(C(N)=NCc2ccccn2)cc1. The Morgan fingerprint density at radius 1 is 0.839 bits per heavy atom. The highest BCUT2D eigenvalue weighted by atomic mass is 16.4. The minimum absolute atomic E-state index is 0.257. The molecule has 0 bridgehead atoms. The van der Waals surface area contributed by atoms with Gasteiger partial charge >= 0.3 is 5.97 Å². The molecule has 1 aromatic heterocycles. The largest absolute Gasteiger partial charge is 0.480 e. The van der Waals surface area contributed by atoms with Crippen LogP contribution in [0.4, 0.5) is 0 Å². The molecule has 0 fully saturated rings. The third kappa shape index (κ3) is 8.49. The van der Waals surface area contributed by atoms with Gasteiger partial charge in [-0.3, -0.25) is 19.8 Å². The zero-order chi connectivity index (χ0) is 22.6. The van der Waals surface area contributed by atoms with E-state index < -0.39 is 5.97 Å². The Balaban J connectivity index is 0.000000225. The highest BCUT2D eigenvalue weighted by Crippen LogP contribution is 2.04. The number of aliphatic carboxylic acids is 1. The Kier molecular flexibility index (Phi) is 8.91. The summed E-state index contributed by atoms with van der Waals surface area (Å²) in [5.41, 5.74) is 16.5. The molecule has 0 saturated carbocycles. The Morgan fingerprint density at radius 3 is 1.81 bits per heavy atom. The van der Waals surface area contributed by atoms with Crippen molar-refractivity contribution in [2.24, 2.45) is 21.5 Å². The van der Waals surface area contributed by atoms with Crippen molar-refractivity contribution in [2.75, 3.05) is 6.54 Å². The van der Waals surface area contributed by atoms with Crippen molar-refractivity contribution in [1.82, 2.24) is 4.98 Å². The molecule has 7 heteroatoms. The molecule has 0 aliphatic rings. The molecule has 1 heterocycles. The second-order valence-electron chi connectivity index (χ2n) is 6.85. The fourth-order valence-electron chi connectivity index (χ4n) is 2.44. The van der Waals surface area contributed by atoms with Gasteiger partial charge in [0, 0.05) is 17.3 Å². The van der Waals surface area contributed by atoms with Crippen LogP contribution in [-0.2, 0) is 11.3 Å². The normalized spacial score (nSPS) is 11.4. The quantitative estimate of drug-likeness (QED) is 0.419. The summed E-state index contributed by atoms with van der Waals surface area (Å²) in [6, 6.07) is 21.2. The summed E-state index contributed by atoms with van der Waals surface area (Å²) in [4.78, 5) is 22.5. The van der Waals surface area contributed by atoms with Gasteiger partial charge in [0.25, 0.3) is 0 Å². The van der Waals surface area contributed by atoms with Gasteiger partial charge in [-0.15, -0.1) is 0 Å². The number of carbonyl (C=O) groups is 1. The van der Waals surface area contributed by atoms with Crippen LogP contribution >= 0.6 is 0 Å². The van der Waals surface area contributed by atoms with Crippen LogP contribution in [0.15, 0.2) is 82.9 Å². The van der Waals surface area contributed by atoms with E-state index in [1.165, 1.54) is 5.56 Å². The molecular formula is C24H27N5O2. The summed E-state index contributed by atoms with van der Waals surface area (Å²) in [6.07, 6.45) is 1.76. The van der Waals surface area contributed by atoms with Gasteiger partial charge in [0.2, 0.25) is 0 Å². The highest BCUT2D eigenvalue weighted by Gasteiger charge is 1.99. The fourth-order valence-corrected chi connectivity index (χ4v) is 2.44. The summed E-state index contributed by atoms with van der Waals surface area (Å²) < 4.78 is 0. The summed E-state index contributed by atoms with van der Waals surface area (Å²) in [6.45, 7) is 4.24. The maximum Gasteiger partial charge on any atom is 0.325 e. The predicted octanol–water partition coefficient (Wildman–Crippen LogP) is 3.08. The smallest absolute Gasteiger partial charge is 0.325 e. The molecule has 2 aromatic carbocycles. The summed E-state index contributed by atoms with van der Waals surface area (Å²) in [7, 11) is 0. The molecule has 0 atom stereocenters. The van der Waals surface area contributed by atoms with Crippen molar-refractivity contribution in [3.8, 4) is 0 Å². The van der Waals surface area contributed by atoms with Crippen LogP contribution in [0.25, 0.3) is 0 Å². The lowest BCUT2D eigenvalue weighted by atomic mass is 10.1. The minimum atomic E-state index is -0.986. The number of aromatic nitrogens is 1. The molecule has 5 N–H and O–H groups in total. The zero-order valence-corrected chi connectivity index (χ0v) is 17.7. The number of carboxylic acids is 1. The van der Waals surface area contributed by atoms with Crippen LogP contribution in [0, 0.1) is 13.8 Å². The van der Waals surface area contributed by atoms with Crippen LogP contribution in [0.5, 0.6) is 0 Å². The van der Waals surface area contributed by atoms with E-state index in [9.17, 15) is 4.79 Å². The average molecular weight is 418 g/mol. The summed E-state index contributed by atoms with van der Waals surface area (Å²) >= 11 is 0. The number of carboxylic acid groups (broad SMARTS) is 1. The molecule has 0 amide bonds. The first-order valence-electron chi connectivity index (χ1n) is 9.71. The van der Waals surface area contributed by atoms with Crippen LogP contribution < -0.4 is 11.5 Å². The van der Waals surface area contributed by atoms with Gasteiger partial charge in [0.05, 0.1) is 12.2 Å². The van der Waals surface area contributed by atoms with Gasteiger partial charge in [-0.1, -0.05) is 65.7 Å². The third-order valence-corrected chi connectivity index (χ3v) is 4.22. The van der Waals surface area contributed by atoms with Gasteiger partial charge in [-0.05, 0) is 26.0 Å². The highest BCUT2D eigenvalue weighted by molar-refractivity contribution is 5.98. The Labute approximate surface area is 182 Å². The number of pyridine rings is 1. The first kappa shape index (κ1) is 23.3. The minimum Gasteiger partial charge on any atom is -0.480 e. The van der Waals surface area contributed by atoms with Crippen LogP contribution in [-0.4, -0.2) is 34.3 Å². The number of aryl methyl sites for hydroxylation is 2. The van der Waals surface area contributed by atoms with Gasteiger partial charge in [0.15, 0.2) is 0 Å². The second-order valence-corrected chi connectivity index (χ2v) is 6.85. The van der Waals surface area contributed by atoms with Gasteiger partial charge in [-0.25, -0.2) is 0 Å². The predicted molar refractivity (Wildman–Crippen MR) is 124 cm³/mol. The molecule has 0 aliphatic carbocycles. The number of amidine groups is 2. The van der Waals surface area contributed by atoms with E-state index >= 15 is 0 Å². The molecule has 160 valence electrons. The molecule has 0 spiro atoms. The number of benzene rings is 2. The van der Waals surface area contributed by atoms with E-state index in [1.807, 2.05) is 80.6 Å². The van der Waals surface area contributed by atoms with Crippen LogP contribution in [0.1, 0.15) is 27.9 Å². The second kappa shape index (κ2) is 11.9. The van der Waals surface area contributed by atoms with Crippen LogP contribution in [0.2, 0.25) is 0 Å². The van der Waals surface area contributed by atoms with E-state index in [0.29, 0.717) is 12.4 Å². The molecule has 0 saturated heterocycles. The average Bonchev–Trinajstić information content (AvgIpc) is 2.78. The van der Waals surface area contributed by atoms with Crippen molar-refractivity contribution in [3.05, 3.63) is 101 Å². The van der Waals surface area contributed by atoms with Crippen molar-refractivity contribution in [3.63, 3.8) is 0 Å². The Bertz CT molecular complexity index is 1030. The van der Waals surface area contributed by atoms with Crippen molar-refractivity contribution in [1.29, 1.82) is 0 Å². The topological polar surface area (TPSA) is 127 Å². The number of nitrogens with zero attached hydrogens (tertiary/aromatic N) is 3. The van der Waals surface area contributed by atoms with Crippen molar-refractivity contribution >= 4 is 17.6 Å². The van der Waals surface area contributed by atoms with Gasteiger partial charge < -0.3 is 16.6 Å². The maximum atomic E-state index is 10.2. The zero-order valence-electron chi connectivity index (χ0n) is 17.7. The lowest BCUT2D eigenvalue weighted by Gasteiger charge is -2.01. The molecule has 0 unspecified atom stereocenters. The molecule has 7 nitrogen and oxygen atoms in total. The van der Waals surface area contributed by atoms with E-state index in [-0.39, 0.29) is 12.4 Å².